The Kier molecular flexibility index (Phi) is 4.77. The number of morpholine rings is 1. The summed E-state index contributed by atoms with van der Waals surface area (Å²) in [6.07, 6.45) is 6.58. The molecular formula is C16H21N5O2S. The minimum atomic E-state index is -2.31. The van der Waals surface area contributed by atoms with Crippen LogP contribution in [0.15, 0.2) is 35.0 Å². The SMILES string of the molecule is C[C@@H]1COCCN1c1cc(N=S(C)(C)=O)nc(-c2ccncc2)n1. The van der Waals surface area contributed by atoms with E-state index in [2.05, 4.69) is 31.1 Å². The largest absolute Gasteiger partial charge is 0.377 e. The monoisotopic (exact) mass is 347 g/mol. The molecule has 7 nitrogen and oxygen atoms in total. The van der Waals surface area contributed by atoms with Crippen molar-refractivity contribution in [1.82, 2.24) is 15.0 Å². The van der Waals surface area contributed by atoms with Gasteiger partial charge in [0.25, 0.3) is 0 Å². The Bertz CT molecular complexity index is 826. The van der Waals surface area contributed by atoms with E-state index in [9.17, 15) is 4.21 Å². The molecule has 1 fully saturated rings. The number of aromatic nitrogens is 3. The number of anilines is 1. The molecule has 0 N–H and O–H groups in total. The third kappa shape index (κ3) is 4.07. The van der Waals surface area contributed by atoms with Crippen LogP contribution in [0.25, 0.3) is 11.4 Å². The van der Waals surface area contributed by atoms with Gasteiger partial charge in [-0.3, -0.25) is 4.98 Å². The summed E-state index contributed by atoms with van der Waals surface area (Å²) < 4.78 is 21.8. The van der Waals surface area contributed by atoms with E-state index >= 15 is 0 Å². The third-order valence-electron chi connectivity index (χ3n) is 3.61. The van der Waals surface area contributed by atoms with Gasteiger partial charge in [-0.15, -0.1) is 0 Å². The van der Waals surface area contributed by atoms with E-state index in [-0.39, 0.29) is 6.04 Å². The van der Waals surface area contributed by atoms with Crippen molar-refractivity contribution in [2.24, 2.45) is 4.36 Å². The summed E-state index contributed by atoms with van der Waals surface area (Å²) in [4.78, 5) is 15.3. The molecule has 0 amide bonds. The summed E-state index contributed by atoms with van der Waals surface area (Å²) in [6, 6.07) is 5.69. The lowest BCUT2D eigenvalue weighted by Crippen LogP contribution is -2.44. The lowest BCUT2D eigenvalue weighted by Gasteiger charge is -2.34. The van der Waals surface area contributed by atoms with Gasteiger partial charge in [0, 0.05) is 52.8 Å². The van der Waals surface area contributed by atoms with Crippen LogP contribution in [0.3, 0.4) is 0 Å². The first-order valence-corrected chi connectivity index (χ1v) is 10.1. The van der Waals surface area contributed by atoms with Crippen molar-refractivity contribution in [3.05, 3.63) is 30.6 Å². The normalized spacial score (nSPS) is 18.5. The van der Waals surface area contributed by atoms with Crippen LogP contribution in [0.5, 0.6) is 0 Å². The minimum Gasteiger partial charge on any atom is -0.377 e. The third-order valence-corrected chi connectivity index (χ3v) is 4.24. The summed E-state index contributed by atoms with van der Waals surface area (Å²) >= 11 is 0. The molecule has 2 aromatic heterocycles. The van der Waals surface area contributed by atoms with Crippen LogP contribution in [0.4, 0.5) is 11.6 Å². The Morgan fingerprint density at radius 2 is 2.04 bits per heavy atom. The zero-order chi connectivity index (χ0) is 17.2. The predicted molar refractivity (Wildman–Crippen MR) is 95.0 cm³/mol. The Balaban J connectivity index is 2.11. The van der Waals surface area contributed by atoms with E-state index in [4.69, 9.17) is 4.74 Å². The van der Waals surface area contributed by atoms with E-state index in [1.807, 2.05) is 12.1 Å². The molecule has 128 valence electrons. The van der Waals surface area contributed by atoms with Gasteiger partial charge in [-0.2, -0.15) is 4.36 Å². The standard InChI is InChI=1S/C16H21N5O2S/c1-12-11-23-9-8-21(12)15-10-14(20-24(2,3)22)18-16(19-15)13-4-6-17-7-5-13/h4-7,10,12H,8-9,11H2,1-3H3/t12-/m1/s1. The van der Waals surface area contributed by atoms with Gasteiger partial charge in [-0.1, -0.05) is 0 Å². The molecule has 0 radical (unpaired) electrons. The highest BCUT2D eigenvalue weighted by Crippen LogP contribution is 2.26. The molecule has 1 saturated heterocycles. The van der Waals surface area contributed by atoms with Gasteiger partial charge in [0.05, 0.1) is 19.3 Å². The van der Waals surface area contributed by atoms with Crippen molar-refractivity contribution >= 4 is 21.4 Å². The van der Waals surface area contributed by atoms with Crippen molar-refractivity contribution < 1.29 is 8.95 Å². The smallest absolute Gasteiger partial charge is 0.167 e. The molecule has 24 heavy (non-hydrogen) atoms. The van der Waals surface area contributed by atoms with Gasteiger partial charge < -0.3 is 9.64 Å². The molecule has 3 heterocycles. The first-order chi connectivity index (χ1) is 11.4. The summed E-state index contributed by atoms with van der Waals surface area (Å²) in [5, 5.41) is 0. The molecule has 1 aliphatic heterocycles. The second-order valence-corrected chi connectivity index (χ2v) is 8.58. The first kappa shape index (κ1) is 16.8. The highest BCUT2D eigenvalue weighted by molar-refractivity contribution is 7.92. The highest BCUT2D eigenvalue weighted by atomic mass is 32.2. The number of nitrogens with zero attached hydrogens (tertiary/aromatic N) is 5. The topological polar surface area (TPSA) is 80.6 Å². The average Bonchev–Trinajstić information content (AvgIpc) is 2.54. The van der Waals surface area contributed by atoms with Gasteiger partial charge in [0.1, 0.15) is 5.82 Å². The fourth-order valence-corrected chi connectivity index (χ4v) is 3.08. The van der Waals surface area contributed by atoms with Crippen LogP contribution in [0, 0.1) is 0 Å². The number of rotatable bonds is 3. The highest BCUT2D eigenvalue weighted by Gasteiger charge is 2.22. The Hall–Kier alpha value is -2.06. The average molecular weight is 347 g/mol. The van der Waals surface area contributed by atoms with Gasteiger partial charge in [-0.05, 0) is 19.1 Å². The quantitative estimate of drug-likeness (QED) is 0.846. The second-order valence-electron chi connectivity index (χ2n) is 6.03. The minimum absolute atomic E-state index is 0.208. The van der Waals surface area contributed by atoms with Crippen LogP contribution >= 0.6 is 0 Å². The summed E-state index contributed by atoms with van der Waals surface area (Å²) in [7, 11) is -2.31. The maximum absolute atomic E-state index is 12.1. The second kappa shape index (κ2) is 6.82. The first-order valence-electron chi connectivity index (χ1n) is 7.73. The zero-order valence-corrected chi connectivity index (χ0v) is 14.9. The molecule has 1 aliphatic rings. The summed E-state index contributed by atoms with van der Waals surface area (Å²) in [5.74, 6) is 1.76. The van der Waals surface area contributed by atoms with Crippen molar-refractivity contribution in [1.29, 1.82) is 0 Å². The molecule has 3 rings (SSSR count). The van der Waals surface area contributed by atoms with Crippen molar-refractivity contribution in [3.8, 4) is 11.4 Å². The summed E-state index contributed by atoms with van der Waals surface area (Å²) in [5.41, 5.74) is 0.850. The van der Waals surface area contributed by atoms with Crippen LogP contribution in [0.1, 0.15) is 6.92 Å². The molecule has 0 spiro atoms. The number of hydrogen-bond acceptors (Lipinski definition) is 7. The van der Waals surface area contributed by atoms with E-state index in [1.165, 1.54) is 0 Å². The van der Waals surface area contributed by atoms with E-state index in [0.29, 0.717) is 24.9 Å². The van der Waals surface area contributed by atoms with Crippen LogP contribution < -0.4 is 4.90 Å². The molecule has 0 saturated carbocycles. The molecule has 0 aliphatic carbocycles. The van der Waals surface area contributed by atoms with Crippen LogP contribution in [0.2, 0.25) is 0 Å². The van der Waals surface area contributed by atoms with Crippen molar-refractivity contribution in [3.63, 3.8) is 0 Å². The Morgan fingerprint density at radius 3 is 2.71 bits per heavy atom. The van der Waals surface area contributed by atoms with Gasteiger partial charge in [0.15, 0.2) is 11.6 Å². The summed E-state index contributed by atoms with van der Waals surface area (Å²) in [6.45, 7) is 4.15. The van der Waals surface area contributed by atoms with Crippen LogP contribution in [-0.2, 0) is 14.5 Å². The van der Waals surface area contributed by atoms with Gasteiger partial charge >= 0.3 is 0 Å². The van der Waals surface area contributed by atoms with Crippen molar-refractivity contribution in [2.75, 3.05) is 37.2 Å². The lowest BCUT2D eigenvalue weighted by molar-refractivity contribution is 0.0985. The fourth-order valence-electron chi connectivity index (χ4n) is 2.54. The van der Waals surface area contributed by atoms with E-state index in [0.717, 1.165) is 17.9 Å². The Morgan fingerprint density at radius 1 is 1.29 bits per heavy atom. The molecule has 2 aromatic rings. The van der Waals surface area contributed by atoms with Gasteiger partial charge in [-0.25, -0.2) is 14.2 Å². The van der Waals surface area contributed by atoms with E-state index < -0.39 is 9.73 Å². The van der Waals surface area contributed by atoms with Crippen LogP contribution in [-0.4, -0.2) is 57.5 Å². The molecule has 1 atom stereocenters. The van der Waals surface area contributed by atoms with E-state index in [1.54, 1.807) is 31.0 Å². The molecule has 0 unspecified atom stereocenters. The molecular weight excluding hydrogens is 326 g/mol. The Labute approximate surface area is 142 Å². The van der Waals surface area contributed by atoms with Gasteiger partial charge in [0.2, 0.25) is 0 Å². The maximum atomic E-state index is 12.1. The molecule has 8 heteroatoms. The zero-order valence-electron chi connectivity index (χ0n) is 14.0. The number of hydrogen-bond donors (Lipinski definition) is 0. The number of ether oxygens (including phenoxy) is 1. The number of pyridine rings is 1. The molecule has 0 bridgehead atoms. The predicted octanol–water partition coefficient (Wildman–Crippen LogP) is 2.12. The maximum Gasteiger partial charge on any atom is 0.167 e. The van der Waals surface area contributed by atoms with Crippen molar-refractivity contribution in [2.45, 2.75) is 13.0 Å². The lowest BCUT2D eigenvalue weighted by atomic mass is 10.2. The molecule has 0 aromatic carbocycles. The fraction of sp³-hybridized carbons (Fsp3) is 0.438.